The lowest BCUT2D eigenvalue weighted by Gasteiger charge is -2.36. The van der Waals surface area contributed by atoms with Crippen LogP contribution in [0.4, 0.5) is 5.69 Å². The molecule has 1 aliphatic rings. The molecule has 2 aromatic carbocycles. The van der Waals surface area contributed by atoms with E-state index in [1.54, 1.807) is 23.1 Å². The van der Waals surface area contributed by atoms with E-state index in [1.165, 1.54) is 0 Å². The summed E-state index contributed by atoms with van der Waals surface area (Å²) < 4.78 is 6.95. The minimum Gasteiger partial charge on any atom is -0.451 e. The molecule has 1 aliphatic heterocycles. The second-order valence-corrected chi connectivity index (χ2v) is 10.3. The number of hydrogen-bond acceptors (Lipinski definition) is 7. The fourth-order valence-corrected chi connectivity index (χ4v) is 5.99. The molecule has 0 radical (unpaired) electrons. The lowest BCUT2D eigenvalue weighted by atomic mass is 10.1. The number of hydrogen-bond donors (Lipinski definition) is 0. The third-order valence-corrected chi connectivity index (χ3v) is 7.82. The van der Waals surface area contributed by atoms with E-state index >= 15 is 0 Å². The molecule has 5 rings (SSSR count). The van der Waals surface area contributed by atoms with E-state index < -0.39 is 0 Å². The number of benzene rings is 2. The van der Waals surface area contributed by atoms with Gasteiger partial charge in [0.25, 0.3) is 5.91 Å². The Hall–Kier alpha value is -2.55. The van der Waals surface area contributed by atoms with Crippen LogP contribution < -0.4 is 4.90 Å². The van der Waals surface area contributed by atoms with E-state index in [-0.39, 0.29) is 5.91 Å². The van der Waals surface area contributed by atoms with Gasteiger partial charge in [0.05, 0.1) is 10.7 Å². The second kappa shape index (κ2) is 9.13. The van der Waals surface area contributed by atoms with Gasteiger partial charge in [0.1, 0.15) is 10.6 Å². The van der Waals surface area contributed by atoms with Crippen molar-refractivity contribution >= 4 is 57.3 Å². The van der Waals surface area contributed by atoms with Crippen LogP contribution in [0.25, 0.3) is 11.0 Å². The number of nitrogens with zero attached hydrogens (tertiary/aromatic N) is 4. The number of carbonyl (C=O) groups excluding carboxylic acids is 1. The van der Waals surface area contributed by atoms with Gasteiger partial charge < -0.3 is 14.2 Å². The Kier molecular flexibility index (Phi) is 6.08. The van der Waals surface area contributed by atoms with Crippen molar-refractivity contribution in [3.8, 4) is 0 Å². The number of para-hydroxylation sites is 2. The minimum absolute atomic E-state index is 0.0657. The standard InChI is InChI=1S/C23H21ClN4O2S2/c1-15-25-26-23(32-15)31-14-17-16-6-2-5-9-20(16)30-21(17)22(29)28-12-10-27(11-13-28)19-8-4-3-7-18(19)24/h2-9H,10-14H2,1H3. The number of amides is 1. The van der Waals surface area contributed by atoms with Gasteiger partial charge in [-0.15, -0.1) is 10.2 Å². The van der Waals surface area contributed by atoms with Crippen LogP contribution in [-0.4, -0.2) is 47.2 Å². The molecular formula is C23H21ClN4O2S2. The SMILES string of the molecule is Cc1nnc(SCc2c(C(=O)N3CCN(c4ccccc4Cl)CC3)oc3ccccc23)s1. The highest BCUT2D eigenvalue weighted by Gasteiger charge is 2.28. The number of anilines is 1. The van der Waals surface area contributed by atoms with Crippen molar-refractivity contribution in [3.05, 3.63) is 69.9 Å². The summed E-state index contributed by atoms with van der Waals surface area (Å²) in [6.07, 6.45) is 0. The fraction of sp³-hybridized carbons (Fsp3) is 0.261. The van der Waals surface area contributed by atoms with Gasteiger partial charge in [-0.25, -0.2) is 0 Å². The number of aromatic nitrogens is 2. The molecule has 0 unspecified atom stereocenters. The van der Waals surface area contributed by atoms with Crippen molar-refractivity contribution < 1.29 is 9.21 Å². The highest BCUT2D eigenvalue weighted by Crippen LogP contribution is 2.34. The van der Waals surface area contributed by atoms with Crippen molar-refractivity contribution in [1.82, 2.24) is 15.1 Å². The minimum atomic E-state index is -0.0657. The molecule has 1 fully saturated rings. The Morgan fingerprint density at radius 1 is 1.09 bits per heavy atom. The smallest absolute Gasteiger partial charge is 0.290 e. The van der Waals surface area contributed by atoms with Crippen LogP contribution in [0.15, 0.2) is 57.3 Å². The average Bonchev–Trinajstić information content (AvgIpc) is 3.40. The molecule has 164 valence electrons. The third-order valence-electron chi connectivity index (χ3n) is 5.50. The van der Waals surface area contributed by atoms with E-state index in [4.69, 9.17) is 16.0 Å². The first-order valence-corrected chi connectivity index (χ1v) is 12.5. The van der Waals surface area contributed by atoms with Gasteiger partial charge in [0, 0.05) is 42.9 Å². The first-order valence-electron chi connectivity index (χ1n) is 10.3. The van der Waals surface area contributed by atoms with Crippen molar-refractivity contribution in [2.75, 3.05) is 31.1 Å². The van der Waals surface area contributed by atoms with Crippen LogP contribution in [0.1, 0.15) is 21.1 Å². The lowest BCUT2D eigenvalue weighted by molar-refractivity contribution is 0.0716. The first kappa shape index (κ1) is 21.3. The third kappa shape index (κ3) is 4.22. The maximum atomic E-state index is 13.5. The number of fused-ring (bicyclic) bond motifs is 1. The Bertz CT molecular complexity index is 1260. The highest BCUT2D eigenvalue weighted by atomic mass is 35.5. The number of piperazine rings is 1. The van der Waals surface area contributed by atoms with E-state index in [0.29, 0.717) is 24.6 Å². The first-order chi connectivity index (χ1) is 15.6. The van der Waals surface area contributed by atoms with Crippen molar-refractivity contribution in [3.63, 3.8) is 0 Å². The summed E-state index contributed by atoms with van der Waals surface area (Å²) in [6, 6.07) is 15.6. The summed E-state index contributed by atoms with van der Waals surface area (Å²) in [5.41, 5.74) is 2.65. The number of halogens is 1. The fourth-order valence-electron chi connectivity index (χ4n) is 3.89. The molecule has 0 saturated carbocycles. The number of thioether (sulfide) groups is 1. The van der Waals surface area contributed by atoms with E-state index in [2.05, 4.69) is 15.1 Å². The predicted molar refractivity (Wildman–Crippen MR) is 130 cm³/mol. The summed E-state index contributed by atoms with van der Waals surface area (Å²) in [5.74, 6) is 0.960. The van der Waals surface area contributed by atoms with E-state index in [1.807, 2.05) is 60.4 Å². The average molecular weight is 485 g/mol. The Morgan fingerprint density at radius 2 is 1.84 bits per heavy atom. The number of furan rings is 1. The van der Waals surface area contributed by atoms with Gasteiger partial charge in [-0.2, -0.15) is 0 Å². The van der Waals surface area contributed by atoms with Crippen LogP contribution >= 0.6 is 34.7 Å². The topological polar surface area (TPSA) is 62.5 Å². The molecule has 6 nitrogen and oxygen atoms in total. The molecule has 3 heterocycles. The van der Waals surface area contributed by atoms with Gasteiger partial charge in [-0.1, -0.05) is 65.0 Å². The molecule has 0 atom stereocenters. The van der Waals surface area contributed by atoms with Gasteiger partial charge in [-0.3, -0.25) is 4.79 Å². The van der Waals surface area contributed by atoms with Crippen LogP contribution in [0.3, 0.4) is 0 Å². The van der Waals surface area contributed by atoms with Gasteiger partial charge in [0.2, 0.25) is 0 Å². The van der Waals surface area contributed by atoms with Crippen LogP contribution in [0.5, 0.6) is 0 Å². The summed E-state index contributed by atoms with van der Waals surface area (Å²) >= 11 is 9.49. The summed E-state index contributed by atoms with van der Waals surface area (Å²) in [5, 5.41) is 10.9. The monoisotopic (exact) mass is 484 g/mol. The molecule has 1 saturated heterocycles. The normalized spacial score (nSPS) is 14.3. The number of aryl methyl sites for hydroxylation is 1. The Labute approximate surface area is 199 Å². The summed E-state index contributed by atoms with van der Waals surface area (Å²) in [4.78, 5) is 17.6. The van der Waals surface area contributed by atoms with Gasteiger partial charge in [0.15, 0.2) is 10.1 Å². The van der Waals surface area contributed by atoms with E-state index in [0.717, 1.165) is 49.7 Å². The largest absolute Gasteiger partial charge is 0.451 e. The van der Waals surface area contributed by atoms with Crippen LogP contribution in [0.2, 0.25) is 5.02 Å². The molecule has 32 heavy (non-hydrogen) atoms. The van der Waals surface area contributed by atoms with Gasteiger partial charge in [-0.05, 0) is 25.1 Å². The molecule has 9 heteroatoms. The number of carbonyl (C=O) groups is 1. The molecule has 0 N–H and O–H groups in total. The summed E-state index contributed by atoms with van der Waals surface area (Å²) in [6.45, 7) is 4.62. The maximum absolute atomic E-state index is 13.5. The Balaban J connectivity index is 1.36. The molecule has 0 spiro atoms. The van der Waals surface area contributed by atoms with Gasteiger partial charge >= 0.3 is 0 Å². The van der Waals surface area contributed by atoms with Crippen molar-refractivity contribution in [2.24, 2.45) is 0 Å². The molecule has 0 bridgehead atoms. The lowest BCUT2D eigenvalue weighted by Crippen LogP contribution is -2.49. The molecule has 1 amide bonds. The zero-order valence-corrected chi connectivity index (χ0v) is 19.8. The van der Waals surface area contributed by atoms with Crippen LogP contribution in [-0.2, 0) is 5.75 Å². The zero-order valence-electron chi connectivity index (χ0n) is 17.5. The molecular weight excluding hydrogens is 464 g/mol. The molecule has 0 aliphatic carbocycles. The van der Waals surface area contributed by atoms with Crippen molar-refractivity contribution in [1.29, 1.82) is 0 Å². The zero-order chi connectivity index (χ0) is 22.1. The van der Waals surface area contributed by atoms with E-state index in [9.17, 15) is 4.79 Å². The molecule has 4 aromatic rings. The van der Waals surface area contributed by atoms with Crippen molar-refractivity contribution in [2.45, 2.75) is 17.0 Å². The quantitative estimate of drug-likeness (QED) is 0.348. The predicted octanol–water partition coefficient (Wildman–Crippen LogP) is 5.50. The Morgan fingerprint density at radius 3 is 2.59 bits per heavy atom. The second-order valence-electron chi connectivity index (χ2n) is 7.51. The number of rotatable bonds is 5. The molecule has 2 aromatic heterocycles. The maximum Gasteiger partial charge on any atom is 0.290 e. The van der Waals surface area contributed by atoms with Crippen LogP contribution in [0, 0.1) is 6.92 Å². The highest BCUT2D eigenvalue weighted by molar-refractivity contribution is 8.00. The summed E-state index contributed by atoms with van der Waals surface area (Å²) in [7, 11) is 0.